The van der Waals surface area contributed by atoms with Crippen LogP contribution in [0.2, 0.25) is 0 Å². The number of nitrogens with two attached hydrogens (primary N) is 1. The van der Waals surface area contributed by atoms with Gasteiger partial charge in [0.15, 0.2) is 0 Å². The maximum absolute atomic E-state index is 12.8. The summed E-state index contributed by atoms with van der Waals surface area (Å²) >= 11 is 0. The molecule has 0 aliphatic carbocycles. The van der Waals surface area contributed by atoms with Crippen molar-refractivity contribution in [2.45, 2.75) is 32.5 Å². The molecule has 1 aliphatic heterocycles. The van der Waals surface area contributed by atoms with Crippen LogP contribution in [0.4, 0.5) is 0 Å². The number of carbonyl (C=O) groups is 4. The van der Waals surface area contributed by atoms with Crippen LogP contribution < -0.4 is 11.1 Å². The van der Waals surface area contributed by atoms with Crippen LogP contribution in [0.25, 0.3) is 0 Å². The van der Waals surface area contributed by atoms with Crippen molar-refractivity contribution in [1.82, 2.24) is 15.1 Å². The van der Waals surface area contributed by atoms with E-state index in [0.29, 0.717) is 11.1 Å². The lowest BCUT2D eigenvalue weighted by molar-refractivity contribution is -0.165. The number of aryl methyl sites for hydroxylation is 1. The zero-order valence-electron chi connectivity index (χ0n) is 18.9. The van der Waals surface area contributed by atoms with Gasteiger partial charge < -0.3 is 26.0 Å². The molecule has 0 radical (unpaired) electrons. The van der Waals surface area contributed by atoms with Gasteiger partial charge in [0.1, 0.15) is 18.0 Å². The molecule has 2 aromatic carbocycles. The highest BCUT2D eigenvalue weighted by molar-refractivity contribution is 6.36. The molecule has 178 valence electrons. The molecule has 34 heavy (non-hydrogen) atoms. The standard InChI is InChI=1S/C24H27N5O5/c1-3-28-19(27-21(30)17-10-8-16(9-11-17)20(25)26)13-29(23(32)22(28)31)18(24(33)34)12-15-6-4-14(2)5-7-15/h4-11,18-19H,3,12-13H2,1-2H3,(H3,25,26)(H,27,30)(H,33,34). The van der Waals surface area contributed by atoms with Crippen molar-refractivity contribution in [3.05, 3.63) is 70.8 Å². The number of hydrogen-bond acceptors (Lipinski definition) is 5. The number of nitrogens with one attached hydrogen (secondary N) is 2. The zero-order valence-corrected chi connectivity index (χ0v) is 18.9. The molecule has 10 nitrogen and oxygen atoms in total. The van der Waals surface area contributed by atoms with Crippen LogP contribution in [0.5, 0.6) is 0 Å². The number of benzene rings is 2. The SMILES string of the molecule is CCN1C(=O)C(=O)N(C(Cc2ccc(C)cc2)C(=O)O)CC1NC(=O)c1ccc(C(=N)N)cc1. The molecule has 2 aromatic rings. The first-order valence-corrected chi connectivity index (χ1v) is 10.8. The molecule has 0 saturated carbocycles. The van der Waals surface area contributed by atoms with E-state index >= 15 is 0 Å². The summed E-state index contributed by atoms with van der Waals surface area (Å²) < 4.78 is 0. The summed E-state index contributed by atoms with van der Waals surface area (Å²) in [4.78, 5) is 52.7. The Morgan fingerprint density at radius 3 is 2.21 bits per heavy atom. The summed E-state index contributed by atoms with van der Waals surface area (Å²) in [6.45, 7) is 3.56. The average molecular weight is 466 g/mol. The lowest BCUT2D eigenvalue weighted by Gasteiger charge is -2.42. The third-order valence-electron chi connectivity index (χ3n) is 5.76. The van der Waals surface area contributed by atoms with Gasteiger partial charge in [-0.2, -0.15) is 0 Å². The maximum atomic E-state index is 12.8. The first-order chi connectivity index (χ1) is 16.1. The summed E-state index contributed by atoms with van der Waals surface area (Å²) in [7, 11) is 0. The summed E-state index contributed by atoms with van der Waals surface area (Å²) in [6.07, 6.45) is -0.886. The molecule has 10 heteroatoms. The van der Waals surface area contributed by atoms with Gasteiger partial charge in [0.25, 0.3) is 5.91 Å². The normalized spacial score (nSPS) is 16.8. The van der Waals surface area contributed by atoms with Gasteiger partial charge in [-0.25, -0.2) is 4.79 Å². The predicted molar refractivity (Wildman–Crippen MR) is 124 cm³/mol. The van der Waals surface area contributed by atoms with Crippen molar-refractivity contribution in [3.8, 4) is 0 Å². The van der Waals surface area contributed by atoms with E-state index in [2.05, 4.69) is 5.32 Å². The zero-order chi connectivity index (χ0) is 25.0. The largest absolute Gasteiger partial charge is 0.480 e. The van der Waals surface area contributed by atoms with E-state index in [1.165, 1.54) is 29.2 Å². The van der Waals surface area contributed by atoms with Crippen LogP contribution in [0, 0.1) is 12.3 Å². The first kappa shape index (κ1) is 24.4. The molecule has 0 aromatic heterocycles. The van der Waals surface area contributed by atoms with Crippen molar-refractivity contribution in [2.75, 3.05) is 13.1 Å². The Morgan fingerprint density at radius 2 is 1.68 bits per heavy atom. The minimum absolute atomic E-state index is 0.0218. The number of rotatable bonds is 8. The van der Waals surface area contributed by atoms with Gasteiger partial charge in [-0.05, 0) is 31.5 Å². The number of amides is 3. The molecule has 2 unspecified atom stereocenters. The molecule has 0 bridgehead atoms. The van der Waals surface area contributed by atoms with Gasteiger partial charge in [-0.15, -0.1) is 0 Å². The molecule has 3 amide bonds. The second-order valence-corrected chi connectivity index (χ2v) is 8.07. The molecule has 1 heterocycles. The lowest BCUT2D eigenvalue weighted by atomic mass is 10.0. The lowest BCUT2D eigenvalue weighted by Crippen LogP contribution is -2.67. The van der Waals surface area contributed by atoms with Gasteiger partial charge in [-0.1, -0.05) is 42.0 Å². The Morgan fingerprint density at radius 1 is 1.09 bits per heavy atom. The Bertz CT molecular complexity index is 1110. The minimum Gasteiger partial charge on any atom is -0.480 e. The molecule has 5 N–H and O–H groups in total. The van der Waals surface area contributed by atoms with Gasteiger partial charge in [0, 0.05) is 24.1 Å². The number of nitrogens with zero attached hydrogens (tertiary/aromatic N) is 2. The van der Waals surface area contributed by atoms with Crippen LogP contribution in [0.15, 0.2) is 48.5 Å². The van der Waals surface area contributed by atoms with Gasteiger partial charge in [-0.3, -0.25) is 19.8 Å². The monoisotopic (exact) mass is 465 g/mol. The molecule has 1 saturated heterocycles. The van der Waals surface area contributed by atoms with E-state index in [9.17, 15) is 24.3 Å². The highest BCUT2D eigenvalue weighted by atomic mass is 16.4. The summed E-state index contributed by atoms with van der Waals surface area (Å²) in [5.41, 5.74) is 7.88. The highest BCUT2D eigenvalue weighted by Crippen LogP contribution is 2.18. The molecule has 2 atom stereocenters. The van der Waals surface area contributed by atoms with E-state index in [-0.39, 0.29) is 30.9 Å². The van der Waals surface area contributed by atoms with Crippen molar-refractivity contribution >= 4 is 29.5 Å². The second-order valence-electron chi connectivity index (χ2n) is 8.07. The Hall–Kier alpha value is -4.21. The van der Waals surface area contributed by atoms with E-state index in [4.69, 9.17) is 11.1 Å². The third kappa shape index (κ3) is 5.22. The van der Waals surface area contributed by atoms with Crippen molar-refractivity contribution in [2.24, 2.45) is 5.73 Å². The van der Waals surface area contributed by atoms with Gasteiger partial charge >= 0.3 is 17.8 Å². The molecule has 3 rings (SSSR count). The van der Waals surface area contributed by atoms with Gasteiger partial charge in [0.2, 0.25) is 0 Å². The topological polar surface area (TPSA) is 157 Å². The van der Waals surface area contributed by atoms with Crippen molar-refractivity contribution in [1.29, 1.82) is 5.41 Å². The smallest absolute Gasteiger partial charge is 0.326 e. The number of nitrogen functional groups attached to an aromatic ring is 1. The first-order valence-electron chi connectivity index (χ1n) is 10.8. The molecule has 1 aliphatic rings. The number of carbonyl (C=O) groups excluding carboxylic acids is 3. The molecular formula is C24H27N5O5. The third-order valence-corrected chi connectivity index (χ3v) is 5.76. The summed E-state index contributed by atoms with van der Waals surface area (Å²) in [6, 6.07) is 12.0. The fourth-order valence-corrected chi connectivity index (χ4v) is 3.83. The number of aliphatic carboxylic acids is 1. The van der Waals surface area contributed by atoms with Crippen LogP contribution in [0.1, 0.15) is 34.0 Å². The molecule has 1 fully saturated rings. The molecular weight excluding hydrogens is 438 g/mol. The predicted octanol–water partition coefficient (Wildman–Crippen LogP) is 0.722. The van der Waals surface area contributed by atoms with Gasteiger partial charge in [0.05, 0.1) is 6.54 Å². The highest BCUT2D eigenvalue weighted by Gasteiger charge is 2.43. The fraction of sp³-hybridized carbons (Fsp3) is 0.292. The Labute approximate surface area is 196 Å². The van der Waals surface area contributed by atoms with Crippen LogP contribution >= 0.6 is 0 Å². The van der Waals surface area contributed by atoms with E-state index in [1.807, 2.05) is 19.1 Å². The Balaban J connectivity index is 1.83. The number of carboxylic acid groups (broad SMARTS) is 1. The van der Waals surface area contributed by atoms with E-state index in [1.54, 1.807) is 19.1 Å². The summed E-state index contributed by atoms with van der Waals surface area (Å²) in [5, 5.41) is 20.0. The van der Waals surface area contributed by atoms with Crippen LogP contribution in [-0.2, 0) is 20.8 Å². The number of hydrogen-bond donors (Lipinski definition) is 4. The molecule has 0 spiro atoms. The van der Waals surface area contributed by atoms with E-state index in [0.717, 1.165) is 10.5 Å². The summed E-state index contributed by atoms with van der Waals surface area (Å²) in [5.74, 6) is -3.68. The number of likely N-dealkylation sites (N-methyl/N-ethyl adjacent to an activating group) is 1. The minimum atomic E-state index is -1.27. The Kier molecular flexibility index (Phi) is 7.30. The van der Waals surface area contributed by atoms with Crippen LogP contribution in [-0.4, -0.2) is 69.7 Å². The number of piperazine rings is 1. The quantitative estimate of drug-likeness (QED) is 0.256. The van der Waals surface area contributed by atoms with E-state index < -0.39 is 35.9 Å². The van der Waals surface area contributed by atoms with Crippen molar-refractivity contribution in [3.63, 3.8) is 0 Å². The number of amidine groups is 1. The number of carboxylic acids is 1. The average Bonchev–Trinajstić information content (AvgIpc) is 2.81. The maximum Gasteiger partial charge on any atom is 0.326 e. The fourth-order valence-electron chi connectivity index (χ4n) is 3.83. The van der Waals surface area contributed by atoms with Crippen LogP contribution in [0.3, 0.4) is 0 Å². The second kappa shape index (κ2) is 10.2. The van der Waals surface area contributed by atoms with Crippen molar-refractivity contribution < 1.29 is 24.3 Å².